The highest BCUT2D eigenvalue weighted by Gasteiger charge is 2.02. The Morgan fingerprint density at radius 1 is 1.46 bits per heavy atom. The summed E-state index contributed by atoms with van der Waals surface area (Å²) >= 11 is 5.63. The molecule has 0 unspecified atom stereocenters. The number of ether oxygens (including phenoxy) is 1. The van der Waals surface area contributed by atoms with Crippen molar-refractivity contribution in [3.63, 3.8) is 0 Å². The van der Waals surface area contributed by atoms with Crippen molar-refractivity contribution >= 4 is 11.6 Å². The zero-order valence-corrected chi connectivity index (χ0v) is 8.37. The topological polar surface area (TPSA) is 52.8 Å². The molecule has 13 heavy (non-hydrogen) atoms. The largest absolute Gasteiger partial charge is 0.385 e. The van der Waals surface area contributed by atoms with Gasteiger partial charge in [-0.05, 0) is 23.3 Å². The van der Waals surface area contributed by atoms with E-state index in [-0.39, 0.29) is 0 Å². The highest BCUT2D eigenvalue weighted by molar-refractivity contribution is 6.16. The molecule has 74 valence electrons. The van der Waals surface area contributed by atoms with E-state index < -0.39 is 0 Å². The van der Waals surface area contributed by atoms with Gasteiger partial charge in [0.05, 0.1) is 5.88 Å². The van der Waals surface area contributed by atoms with Gasteiger partial charge in [-0.3, -0.25) is 0 Å². The van der Waals surface area contributed by atoms with Gasteiger partial charge in [-0.2, -0.15) is 0 Å². The molecule has 0 radical (unpaired) electrons. The number of aryl methyl sites for hydroxylation is 1. The predicted molar refractivity (Wildman–Crippen MR) is 48.5 cm³/mol. The van der Waals surface area contributed by atoms with Crippen LogP contribution in [0.25, 0.3) is 0 Å². The Bertz CT molecular complexity index is 240. The van der Waals surface area contributed by atoms with Gasteiger partial charge >= 0.3 is 0 Å². The Kier molecular flexibility index (Phi) is 4.70. The van der Waals surface area contributed by atoms with E-state index >= 15 is 0 Å². The van der Waals surface area contributed by atoms with E-state index in [9.17, 15) is 0 Å². The Hall–Kier alpha value is -0.680. The van der Waals surface area contributed by atoms with Gasteiger partial charge in [0.25, 0.3) is 0 Å². The third kappa shape index (κ3) is 3.28. The van der Waals surface area contributed by atoms with E-state index in [1.807, 2.05) is 0 Å². The zero-order valence-electron chi connectivity index (χ0n) is 7.61. The first-order chi connectivity index (χ1) is 6.38. The molecule has 5 nitrogen and oxygen atoms in total. The van der Waals surface area contributed by atoms with Crippen molar-refractivity contribution in [2.45, 2.75) is 25.3 Å². The summed E-state index contributed by atoms with van der Waals surface area (Å²) < 4.78 is 6.66. The maximum absolute atomic E-state index is 5.63. The summed E-state index contributed by atoms with van der Waals surface area (Å²) in [5.74, 6) is 1.08. The minimum absolute atomic E-state index is 0.358. The second-order valence-electron chi connectivity index (χ2n) is 2.65. The second-order valence-corrected chi connectivity index (χ2v) is 2.92. The van der Waals surface area contributed by atoms with E-state index in [0.717, 1.165) is 31.8 Å². The molecule has 6 heteroatoms. The Morgan fingerprint density at radius 2 is 2.31 bits per heavy atom. The number of halogens is 1. The van der Waals surface area contributed by atoms with Crippen molar-refractivity contribution in [1.82, 2.24) is 20.2 Å². The summed E-state index contributed by atoms with van der Waals surface area (Å²) in [4.78, 5) is 0. The van der Waals surface area contributed by atoms with Gasteiger partial charge in [-0.1, -0.05) is 0 Å². The molecule has 0 N–H and O–H groups in total. The van der Waals surface area contributed by atoms with Crippen LogP contribution in [0.1, 0.15) is 18.7 Å². The molecule has 0 fully saturated rings. The van der Waals surface area contributed by atoms with Crippen LogP contribution in [0.5, 0.6) is 0 Å². The van der Waals surface area contributed by atoms with Crippen LogP contribution in [0.15, 0.2) is 0 Å². The molecule has 0 aliphatic heterocycles. The monoisotopic (exact) mass is 204 g/mol. The van der Waals surface area contributed by atoms with E-state index in [0.29, 0.717) is 5.88 Å². The maximum atomic E-state index is 5.63. The van der Waals surface area contributed by atoms with Crippen molar-refractivity contribution in [2.75, 3.05) is 13.7 Å². The molecular formula is C7H13ClN4O. The van der Waals surface area contributed by atoms with Crippen molar-refractivity contribution in [1.29, 1.82) is 0 Å². The van der Waals surface area contributed by atoms with Gasteiger partial charge in [-0.25, -0.2) is 4.68 Å². The standard InChI is InChI=1S/C7H13ClN4O/c1-13-5-3-2-4-12-7(6-8)9-10-11-12/h2-6H2,1H3. The molecule has 0 spiro atoms. The number of tetrazole rings is 1. The quantitative estimate of drug-likeness (QED) is 0.509. The summed E-state index contributed by atoms with van der Waals surface area (Å²) in [6.45, 7) is 1.58. The number of methoxy groups -OCH3 is 1. The Morgan fingerprint density at radius 3 is 3.00 bits per heavy atom. The highest BCUT2D eigenvalue weighted by atomic mass is 35.5. The number of hydrogen-bond acceptors (Lipinski definition) is 4. The molecule has 0 bridgehead atoms. The Labute approximate surface area is 82.0 Å². The molecule has 1 aromatic heterocycles. The van der Waals surface area contributed by atoms with E-state index in [1.54, 1.807) is 11.8 Å². The fourth-order valence-corrected chi connectivity index (χ4v) is 1.19. The lowest BCUT2D eigenvalue weighted by molar-refractivity contribution is 0.190. The lowest BCUT2D eigenvalue weighted by Gasteiger charge is -2.01. The molecule has 1 rings (SSSR count). The number of aromatic nitrogens is 4. The number of nitrogens with zero attached hydrogens (tertiary/aromatic N) is 4. The SMILES string of the molecule is COCCCCn1nnnc1CCl. The van der Waals surface area contributed by atoms with Gasteiger partial charge in [0.15, 0.2) is 5.82 Å². The summed E-state index contributed by atoms with van der Waals surface area (Å²) in [6.07, 6.45) is 2.01. The number of hydrogen-bond donors (Lipinski definition) is 0. The number of alkyl halides is 1. The fraction of sp³-hybridized carbons (Fsp3) is 0.857. The molecule has 0 saturated carbocycles. The van der Waals surface area contributed by atoms with Crippen LogP contribution >= 0.6 is 11.6 Å². The van der Waals surface area contributed by atoms with Crippen LogP contribution in [-0.4, -0.2) is 33.9 Å². The summed E-state index contributed by atoms with van der Waals surface area (Å²) in [5, 5.41) is 11.1. The molecule has 0 amide bonds. The smallest absolute Gasteiger partial charge is 0.165 e. The first-order valence-electron chi connectivity index (χ1n) is 4.18. The van der Waals surface area contributed by atoms with E-state index in [2.05, 4.69) is 15.5 Å². The third-order valence-electron chi connectivity index (χ3n) is 1.69. The van der Waals surface area contributed by atoms with Crippen molar-refractivity contribution < 1.29 is 4.74 Å². The lowest BCUT2D eigenvalue weighted by Crippen LogP contribution is -2.05. The first-order valence-corrected chi connectivity index (χ1v) is 4.72. The van der Waals surface area contributed by atoms with Crippen LogP contribution in [0, 0.1) is 0 Å². The molecule has 1 aromatic rings. The van der Waals surface area contributed by atoms with Crippen LogP contribution < -0.4 is 0 Å². The van der Waals surface area contributed by atoms with Gasteiger partial charge in [0, 0.05) is 20.3 Å². The number of unbranched alkanes of at least 4 members (excludes halogenated alkanes) is 1. The highest BCUT2D eigenvalue weighted by Crippen LogP contribution is 2.00. The zero-order chi connectivity index (χ0) is 9.52. The average Bonchev–Trinajstić information content (AvgIpc) is 2.60. The molecule has 1 heterocycles. The van der Waals surface area contributed by atoms with E-state index in [1.165, 1.54) is 0 Å². The van der Waals surface area contributed by atoms with Gasteiger partial charge < -0.3 is 4.74 Å². The molecule has 0 aliphatic rings. The average molecular weight is 205 g/mol. The van der Waals surface area contributed by atoms with Gasteiger partial charge in [0.1, 0.15) is 0 Å². The van der Waals surface area contributed by atoms with Gasteiger partial charge in [0.2, 0.25) is 0 Å². The fourth-order valence-electron chi connectivity index (χ4n) is 1.00. The van der Waals surface area contributed by atoms with Crippen LogP contribution in [0.2, 0.25) is 0 Å². The second kappa shape index (κ2) is 5.88. The van der Waals surface area contributed by atoms with Crippen molar-refractivity contribution in [3.8, 4) is 0 Å². The summed E-state index contributed by atoms with van der Waals surface area (Å²) in [6, 6.07) is 0. The van der Waals surface area contributed by atoms with Crippen molar-refractivity contribution in [2.24, 2.45) is 0 Å². The predicted octanol–water partition coefficient (Wildman–Crippen LogP) is 0.838. The summed E-state index contributed by atoms with van der Waals surface area (Å²) in [7, 11) is 1.70. The number of rotatable bonds is 6. The minimum atomic E-state index is 0.358. The van der Waals surface area contributed by atoms with Crippen LogP contribution in [0.4, 0.5) is 0 Å². The lowest BCUT2D eigenvalue weighted by atomic mass is 10.3. The van der Waals surface area contributed by atoms with Crippen LogP contribution in [0.3, 0.4) is 0 Å². The minimum Gasteiger partial charge on any atom is -0.385 e. The van der Waals surface area contributed by atoms with Gasteiger partial charge in [-0.15, -0.1) is 16.7 Å². The third-order valence-corrected chi connectivity index (χ3v) is 1.93. The molecule has 0 saturated heterocycles. The first kappa shape index (κ1) is 10.4. The van der Waals surface area contributed by atoms with E-state index in [4.69, 9.17) is 16.3 Å². The maximum Gasteiger partial charge on any atom is 0.165 e. The molecule has 0 aromatic carbocycles. The normalized spacial score (nSPS) is 10.6. The van der Waals surface area contributed by atoms with Crippen LogP contribution in [-0.2, 0) is 17.2 Å². The molecule has 0 aliphatic carbocycles. The molecule has 0 atom stereocenters. The summed E-state index contributed by atoms with van der Waals surface area (Å²) in [5.41, 5.74) is 0. The Balaban J connectivity index is 2.27. The van der Waals surface area contributed by atoms with Crippen molar-refractivity contribution in [3.05, 3.63) is 5.82 Å². The molecular weight excluding hydrogens is 192 g/mol.